The lowest BCUT2D eigenvalue weighted by atomic mass is 10.1. The second kappa shape index (κ2) is 3.66. The van der Waals surface area contributed by atoms with Crippen molar-refractivity contribution in [3.05, 3.63) is 0 Å². The molecule has 0 radical (unpaired) electrons. The van der Waals surface area contributed by atoms with Crippen molar-refractivity contribution in [2.24, 2.45) is 11.8 Å². The highest BCUT2D eigenvalue weighted by atomic mass is 16.2. The van der Waals surface area contributed by atoms with Gasteiger partial charge in [-0.25, -0.2) is 0 Å². The first-order chi connectivity index (χ1) is 6.27. The van der Waals surface area contributed by atoms with Crippen molar-refractivity contribution in [1.29, 1.82) is 0 Å². The smallest absolute Gasteiger partial charge is 0.225 e. The van der Waals surface area contributed by atoms with E-state index in [2.05, 4.69) is 5.32 Å². The van der Waals surface area contributed by atoms with E-state index in [-0.39, 0.29) is 0 Å². The summed E-state index contributed by atoms with van der Waals surface area (Å²) in [5.41, 5.74) is 0. The Morgan fingerprint density at radius 2 is 2.23 bits per heavy atom. The molecular weight excluding hydrogens is 164 g/mol. The largest absolute Gasteiger partial charge is 0.345 e. The average molecular weight is 182 g/mol. The van der Waals surface area contributed by atoms with E-state index in [0.29, 0.717) is 17.7 Å². The Bertz CT molecular complexity index is 195. The van der Waals surface area contributed by atoms with Crippen molar-refractivity contribution >= 4 is 5.91 Å². The van der Waals surface area contributed by atoms with Crippen LogP contribution in [0, 0.1) is 11.8 Å². The summed E-state index contributed by atoms with van der Waals surface area (Å²) in [6, 6.07) is 0. The van der Waals surface area contributed by atoms with Gasteiger partial charge in [0.1, 0.15) is 0 Å². The first-order valence-electron chi connectivity index (χ1n) is 5.23. The molecular formula is C10H18N2O. The molecule has 3 nitrogen and oxygen atoms in total. The molecule has 2 rings (SSSR count). The molecule has 1 aliphatic heterocycles. The fraction of sp³-hybridized carbons (Fsp3) is 0.900. The van der Waals surface area contributed by atoms with Gasteiger partial charge in [-0.15, -0.1) is 0 Å². The Morgan fingerprint density at radius 1 is 1.46 bits per heavy atom. The minimum absolute atomic E-state index is 0.368. The van der Waals surface area contributed by atoms with Crippen molar-refractivity contribution in [1.82, 2.24) is 10.2 Å². The zero-order valence-corrected chi connectivity index (χ0v) is 8.25. The van der Waals surface area contributed by atoms with E-state index < -0.39 is 0 Å². The quantitative estimate of drug-likeness (QED) is 0.688. The van der Waals surface area contributed by atoms with Crippen molar-refractivity contribution in [2.45, 2.75) is 19.3 Å². The maximum Gasteiger partial charge on any atom is 0.225 e. The summed E-state index contributed by atoms with van der Waals surface area (Å²) in [6.45, 7) is 3.15. The van der Waals surface area contributed by atoms with E-state index in [1.807, 2.05) is 11.9 Å². The van der Waals surface area contributed by atoms with Gasteiger partial charge in [0.15, 0.2) is 0 Å². The molecule has 1 N–H and O–H groups in total. The second-order valence-corrected chi connectivity index (χ2v) is 4.35. The SMILES string of the molecule is CN(CC1CCNC1)C(=O)C1CC1. The Hall–Kier alpha value is -0.570. The van der Waals surface area contributed by atoms with Crippen LogP contribution in [0.4, 0.5) is 0 Å². The highest BCUT2D eigenvalue weighted by Gasteiger charge is 2.32. The topological polar surface area (TPSA) is 32.3 Å². The van der Waals surface area contributed by atoms with Gasteiger partial charge in [-0.05, 0) is 38.3 Å². The first-order valence-corrected chi connectivity index (χ1v) is 5.23. The average Bonchev–Trinajstić information content (AvgIpc) is 2.85. The van der Waals surface area contributed by atoms with Crippen LogP contribution in [0.5, 0.6) is 0 Å². The van der Waals surface area contributed by atoms with Crippen molar-refractivity contribution < 1.29 is 4.79 Å². The third-order valence-electron chi connectivity index (χ3n) is 3.00. The molecule has 0 aromatic heterocycles. The Balaban J connectivity index is 1.75. The van der Waals surface area contributed by atoms with Crippen LogP contribution in [-0.2, 0) is 4.79 Å². The van der Waals surface area contributed by atoms with E-state index in [1.54, 1.807) is 0 Å². The Labute approximate surface area is 79.5 Å². The summed E-state index contributed by atoms with van der Waals surface area (Å²) in [5, 5.41) is 3.32. The van der Waals surface area contributed by atoms with E-state index >= 15 is 0 Å². The lowest BCUT2D eigenvalue weighted by Gasteiger charge is -2.20. The summed E-state index contributed by atoms with van der Waals surface area (Å²) in [7, 11) is 1.94. The van der Waals surface area contributed by atoms with Crippen LogP contribution >= 0.6 is 0 Å². The Kier molecular flexibility index (Phi) is 2.54. The molecule has 1 atom stereocenters. The molecule has 1 saturated heterocycles. The molecule has 13 heavy (non-hydrogen) atoms. The number of carbonyl (C=O) groups is 1. The number of carbonyl (C=O) groups excluding carboxylic acids is 1. The van der Waals surface area contributed by atoms with Crippen LogP contribution < -0.4 is 5.32 Å². The number of amides is 1. The molecule has 0 bridgehead atoms. The van der Waals surface area contributed by atoms with Gasteiger partial charge < -0.3 is 10.2 Å². The summed E-state index contributed by atoms with van der Waals surface area (Å²) >= 11 is 0. The third-order valence-corrected chi connectivity index (χ3v) is 3.00. The zero-order chi connectivity index (χ0) is 9.26. The maximum absolute atomic E-state index is 11.6. The molecule has 3 heteroatoms. The third kappa shape index (κ3) is 2.21. The molecule has 2 aliphatic rings. The lowest BCUT2D eigenvalue weighted by molar-refractivity contribution is -0.131. The zero-order valence-electron chi connectivity index (χ0n) is 8.25. The molecule has 74 valence electrons. The van der Waals surface area contributed by atoms with E-state index in [4.69, 9.17) is 0 Å². The van der Waals surface area contributed by atoms with E-state index in [9.17, 15) is 4.79 Å². The number of nitrogens with one attached hydrogen (secondary N) is 1. The maximum atomic E-state index is 11.6. The van der Waals surface area contributed by atoms with Crippen molar-refractivity contribution in [2.75, 3.05) is 26.7 Å². The van der Waals surface area contributed by atoms with Gasteiger partial charge in [0, 0.05) is 19.5 Å². The van der Waals surface area contributed by atoms with E-state index in [1.165, 1.54) is 6.42 Å². The monoisotopic (exact) mass is 182 g/mol. The van der Waals surface area contributed by atoms with Crippen molar-refractivity contribution in [3.63, 3.8) is 0 Å². The predicted molar refractivity (Wildman–Crippen MR) is 51.3 cm³/mol. The molecule has 2 fully saturated rings. The molecule has 0 aromatic carbocycles. The predicted octanol–water partition coefficient (Wildman–Crippen LogP) is 0.464. The second-order valence-electron chi connectivity index (χ2n) is 4.35. The molecule has 1 unspecified atom stereocenters. The van der Waals surface area contributed by atoms with E-state index in [0.717, 1.165) is 32.5 Å². The summed E-state index contributed by atoms with van der Waals surface area (Å²) in [4.78, 5) is 13.5. The van der Waals surface area contributed by atoms with Gasteiger partial charge in [-0.1, -0.05) is 0 Å². The van der Waals surface area contributed by atoms with Gasteiger partial charge in [-0.2, -0.15) is 0 Å². The van der Waals surface area contributed by atoms with Crippen LogP contribution in [0.2, 0.25) is 0 Å². The number of hydrogen-bond donors (Lipinski definition) is 1. The number of rotatable bonds is 3. The molecule has 1 heterocycles. The van der Waals surface area contributed by atoms with Crippen LogP contribution in [0.25, 0.3) is 0 Å². The summed E-state index contributed by atoms with van der Waals surface area (Å²) < 4.78 is 0. The summed E-state index contributed by atoms with van der Waals surface area (Å²) in [5.74, 6) is 1.43. The number of hydrogen-bond acceptors (Lipinski definition) is 2. The minimum Gasteiger partial charge on any atom is -0.345 e. The minimum atomic E-state index is 0.368. The Morgan fingerprint density at radius 3 is 2.77 bits per heavy atom. The molecule has 1 saturated carbocycles. The fourth-order valence-corrected chi connectivity index (χ4v) is 1.99. The van der Waals surface area contributed by atoms with Gasteiger partial charge >= 0.3 is 0 Å². The lowest BCUT2D eigenvalue weighted by Crippen LogP contribution is -2.33. The normalized spacial score (nSPS) is 27.6. The molecule has 1 aliphatic carbocycles. The van der Waals surface area contributed by atoms with Crippen LogP contribution in [0.3, 0.4) is 0 Å². The highest BCUT2D eigenvalue weighted by Crippen LogP contribution is 2.30. The van der Waals surface area contributed by atoms with Crippen LogP contribution in [0.15, 0.2) is 0 Å². The molecule has 0 aromatic rings. The van der Waals surface area contributed by atoms with Crippen LogP contribution in [-0.4, -0.2) is 37.5 Å². The standard InChI is InChI=1S/C10H18N2O/c1-12(10(13)9-2-3-9)7-8-4-5-11-6-8/h8-9,11H,2-7H2,1H3. The number of nitrogens with zero attached hydrogens (tertiary/aromatic N) is 1. The van der Waals surface area contributed by atoms with Gasteiger partial charge in [0.25, 0.3) is 0 Å². The van der Waals surface area contributed by atoms with Crippen LogP contribution in [0.1, 0.15) is 19.3 Å². The van der Waals surface area contributed by atoms with Crippen molar-refractivity contribution in [3.8, 4) is 0 Å². The highest BCUT2D eigenvalue weighted by molar-refractivity contribution is 5.80. The molecule has 1 amide bonds. The fourth-order valence-electron chi connectivity index (χ4n) is 1.99. The van der Waals surface area contributed by atoms with Gasteiger partial charge in [0.05, 0.1) is 0 Å². The van der Waals surface area contributed by atoms with Gasteiger partial charge in [-0.3, -0.25) is 4.79 Å². The first kappa shape index (κ1) is 9.00. The van der Waals surface area contributed by atoms with Gasteiger partial charge in [0.2, 0.25) is 5.91 Å². The summed E-state index contributed by atoms with van der Waals surface area (Å²) in [6.07, 6.45) is 3.46. The molecule has 0 spiro atoms.